The van der Waals surface area contributed by atoms with Crippen LogP contribution in [0.15, 0.2) is 0 Å². The lowest BCUT2D eigenvalue weighted by atomic mass is 10.5. The highest BCUT2D eigenvalue weighted by Gasteiger charge is 2.15. The standard InChI is InChI=1S/C7H18O2Si/c1-4-9-6-5-7-10(2,3)8/h8H,4-7H2,1-3H3. The molecule has 0 radical (unpaired) electrons. The lowest BCUT2D eigenvalue weighted by Crippen LogP contribution is -2.24. The third-order valence-corrected chi connectivity index (χ3v) is 2.86. The summed E-state index contributed by atoms with van der Waals surface area (Å²) in [5.41, 5.74) is 0. The summed E-state index contributed by atoms with van der Waals surface area (Å²) in [6, 6.07) is 0.951. The molecular weight excluding hydrogens is 144 g/mol. The third-order valence-electron chi connectivity index (χ3n) is 1.28. The molecule has 0 aliphatic heterocycles. The van der Waals surface area contributed by atoms with Crippen molar-refractivity contribution in [2.75, 3.05) is 13.2 Å². The van der Waals surface area contributed by atoms with E-state index in [1.165, 1.54) is 0 Å². The van der Waals surface area contributed by atoms with Gasteiger partial charge in [-0.25, -0.2) is 0 Å². The minimum absolute atomic E-state index is 0.785. The van der Waals surface area contributed by atoms with Crippen LogP contribution >= 0.6 is 0 Å². The molecule has 0 spiro atoms. The van der Waals surface area contributed by atoms with Crippen LogP contribution in [0.5, 0.6) is 0 Å². The van der Waals surface area contributed by atoms with E-state index in [-0.39, 0.29) is 0 Å². The molecule has 0 aromatic heterocycles. The molecule has 2 nitrogen and oxygen atoms in total. The summed E-state index contributed by atoms with van der Waals surface area (Å²) in [6.07, 6.45) is 1.00. The van der Waals surface area contributed by atoms with E-state index in [9.17, 15) is 4.80 Å². The van der Waals surface area contributed by atoms with Crippen molar-refractivity contribution in [2.24, 2.45) is 0 Å². The van der Waals surface area contributed by atoms with Crippen LogP contribution in [-0.4, -0.2) is 26.3 Å². The monoisotopic (exact) mass is 162 g/mol. The average Bonchev–Trinajstić information content (AvgIpc) is 1.78. The van der Waals surface area contributed by atoms with Gasteiger partial charge in [0.2, 0.25) is 0 Å². The fraction of sp³-hybridized carbons (Fsp3) is 1.00. The molecule has 1 N–H and O–H groups in total. The maximum absolute atomic E-state index is 9.40. The second-order valence-corrected chi connectivity index (χ2v) is 7.24. The van der Waals surface area contributed by atoms with Gasteiger partial charge in [0.1, 0.15) is 0 Å². The first kappa shape index (κ1) is 10.1. The molecule has 0 rings (SSSR count). The van der Waals surface area contributed by atoms with E-state index in [2.05, 4.69) is 0 Å². The highest BCUT2D eigenvalue weighted by atomic mass is 28.4. The molecule has 3 heteroatoms. The van der Waals surface area contributed by atoms with E-state index in [4.69, 9.17) is 4.74 Å². The maximum atomic E-state index is 9.40. The van der Waals surface area contributed by atoms with Gasteiger partial charge in [-0.1, -0.05) is 0 Å². The highest BCUT2D eigenvalue weighted by molar-refractivity contribution is 6.69. The normalized spacial score (nSPS) is 12.0. The third kappa shape index (κ3) is 8.14. The van der Waals surface area contributed by atoms with Crippen molar-refractivity contribution in [1.82, 2.24) is 0 Å². The highest BCUT2D eigenvalue weighted by Crippen LogP contribution is 2.06. The molecule has 0 aliphatic carbocycles. The largest absolute Gasteiger partial charge is 0.432 e. The van der Waals surface area contributed by atoms with E-state index in [1.807, 2.05) is 20.0 Å². The Kier molecular flexibility index (Phi) is 4.94. The maximum Gasteiger partial charge on any atom is 0.182 e. The van der Waals surface area contributed by atoms with E-state index < -0.39 is 8.32 Å². The van der Waals surface area contributed by atoms with E-state index in [0.717, 1.165) is 25.7 Å². The van der Waals surface area contributed by atoms with Gasteiger partial charge in [-0.2, -0.15) is 0 Å². The van der Waals surface area contributed by atoms with Crippen molar-refractivity contribution < 1.29 is 9.53 Å². The second kappa shape index (κ2) is 4.88. The molecule has 0 aliphatic rings. The van der Waals surface area contributed by atoms with Gasteiger partial charge < -0.3 is 9.53 Å². The first-order valence-corrected chi connectivity index (χ1v) is 7.02. The van der Waals surface area contributed by atoms with Crippen LogP contribution in [-0.2, 0) is 4.74 Å². The summed E-state index contributed by atoms with van der Waals surface area (Å²) in [4.78, 5) is 9.40. The minimum atomic E-state index is -1.79. The van der Waals surface area contributed by atoms with Gasteiger partial charge in [0.15, 0.2) is 8.32 Å². The van der Waals surface area contributed by atoms with Crippen LogP contribution in [0.2, 0.25) is 19.1 Å². The number of rotatable bonds is 5. The lowest BCUT2D eigenvalue weighted by molar-refractivity contribution is 0.147. The van der Waals surface area contributed by atoms with E-state index in [1.54, 1.807) is 0 Å². The molecule has 0 amide bonds. The zero-order valence-electron chi connectivity index (χ0n) is 7.18. The van der Waals surface area contributed by atoms with Crippen LogP contribution in [0.4, 0.5) is 0 Å². The minimum Gasteiger partial charge on any atom is -0.432 e. The van der Waals surface area contributed by atoms with Crippen LogP contribution in [0.3, 0.4) is 0 Å². The Morgan fingerprint density at radius 2 is 2.00 bits per heavy atom. The molecular formula is C7H18O2Si. The first-order valence-electron chi connectivity index (χ1n) is 3.86. The predicted octanol–water partition coefficient (Wildman–Crippen LogP) is 1.61. The molecule has 0 aromatic rings. The fourth-order valence-electron chi connectivity index (χ4n) is 0.751. The van der Waals surface area contributed by atoms with Gasteiger partial charge in [-0.3, -0.25) is 0 Å². The van der Waals surface area contributed by atoms with Crippen LogP contribution in [0, 0.1) is 0 Å². The SMILES string of the molecule is CCOCCC[Si](C)(C)O. The summed E-state index contributed by atoms with van der Waals surface area (Å²) in [6.45, 7) is 7.49. The quantitative estimate of drug-likeness (QED) is 0.491. The summed E-state index contributed by atoms with van der Waals surface area (Å²) >= 11 is 0. The van der Waals surface area contributed by atoms with Gasteiger partial charge in [0, 0.05) is 13.2 Å². The predicted molar refractivity (Wildman–Crippen MR) is 45.6 cm³/mol. The molecule has 62 valence electrons. The second-order valence-electron chi connectivity index (χ2n) is 3.11. The molecule has 0 saturated heterocycles. The summed E-state index contributed by atoms with van der Waals surface area (Å²) < 4.78 is 5.14. The van der Waals surface area contributed by atoms with Crippen molar-refractivity contribution in [2.45, 2.75) is 32.5 Å². The Balaban J connectivity index is 3.04. The van der Waals surface area contributed by atoms with Crippen molar-refractivity contribution >= 4 is 8.32 Å². The average molecular weight is 162 g/mol. The Bertz CT molecular complexity index is 78.2. The Labute approximate surface area is 64.3 Å². The van der Waals surface area contributed by atoms with Gasteiger partial charge in [0.25, 0.3) is 0 Å². The van der Waals surface area contributed by atoms with E-state index >= 15 is 0 Å². The Hall–Kier alpha value is 0.137. The zero-order chi connectivity index (χ0) is 8.04. The van der Waals surface area contributed by atoms with Crippen LogP contribution in [0.25, 0.3) is 0 Å². The Morgan fingerprint density at radius 3 is 2.40 bits per heavy atom. The molecule has 0 bridgehead atoms. The molecule has 0 aromatic carbocycles. The molecule has 10 heavy (non-hydrogen) atoms. The van der Waals surface area contributed by atoms with Crippen molar-refractivity contribution in [1.29, 1.82) is 0 Å². The fourth-order valence-corrected chi connectivity index (χ4v) is 1.76. The molecule has 0 fully saturated rings. The topological polar surface area (TPSA) is 29.5 Å². The van der Waals surface area contributed by atoms with Crippen molar-refractivity contribution in [3.63, 3.8) is 0 Å². The van der Waals surface area contributed by atoms with Crippen molar-refractivity contribution in [3.05, 3.63) is 0 Å². The molecule has 0 atom stereocenters. The molecule has 0 unspecified atom stereocenters. The van der Waals surface area contributed by atoms with Gasteiger partial charge >= 0.3 is 0 Å². The summed E-state index contributed by atoms with van der Waals surface area (Å²) in [5.74, 6) is 0. The van der Waals surface area contributed by atoms with Gasteiger partial charge in [-0.15, -0.1) is 0 Å². The first-order chi connectivity index (χ1) is 4.56. The summed E-state index contributed by atoms with van der Waals surface area (Å²) in [7, 11) is -1.79. The number of hydrogen-bond donors (Lipinski definition) is 1. The lowest BCUT2D eigenvalue weighted by Gasteiger charge is -2.12. The molecule has 0 heterocycles. The van der Waals surface area contributed by atoms with Gasteiger partial charge in [0.05, 0.1) is 0 Å². The summed E-state index contributed by atoms with van der Waals surface area (Å²) in [5, 5.41) is 0. The smallest absolute Gasteiger partial charge is 0.182 e. The molecule has 0 saturated carbocycles. The van der Waals surface area contributed by atoms with E-state index in [0.29, 0.717) is 0 Å². The van der Waals surface area contributed by atoms with Crippen molar-refractivity contribution in [3.8, 4) is 0 Å². The Morgan fingerprint density at radius 1 is 1.40 bits per heavy atom. The zero-order valence-corrected chi connectivity index (χ0v) is 8.18. The van der Waals surface area contributed by atoms with Gasteiger partial charge in [-0.05, 0) is 32.5 Å². The number of ether oxygens (including phenoxy) is 1. The van der Waals surface area contributed by atoms with Crippen LogP contribution < -0.4 is 0 Å². The number of hydrogen-bond acceptors (Lipinski definition) is 2. The van der Waals surface area contributed by atoms with Crippen LogP contribution in [0.1, 0.15) is 13.3 Å².